The molecule has 0 fully saturated rings. The number of anilines is 1. The van der Waals surface area contributed by atoms with Crippen molar-refractivity contribution >= 4 is 29.3 Å². The molecule has 0 amide bonds. The summed E-state index contributed by atoms with van der Waals surface area (Å²) in [6.07, 6.45) is 7.17. The second-order valence-corrected chi connectivity index (χ2v) is 5.12. The fourth-order valence-corrected chi connectivity index (χ4v) is 2.37. The average Bonchev–Trinajstić information content (AvgIpc) is 3.15. The molecule has 0 spiro atoms. The normalized spacial score (nSPS) is 10.3. The lowest BCUT2D eigenvalue weighted by atomic mass is 10.1. The van der Waals surface area contributed by atoms with E-state index in [0.717, 1.165) is 33.7 Å². The quantitative estimate of drug-likeness (QED) is 0.595. The van der Waals surface area contributed by atoms with Crippen LogP contribution in [-0.4, -0.2) is 25.1 Å². The van der Waals surface area contributed by atoms with Gasteiger partial charge in [-0.05, 0) is 29.8 Å². The van der Waals surface area contributed by atoms with Crippen LogP contribution < -0.4 is 5.32 Å². The summed E-state index contributed by atoms with van der Waals surface area (Å²) >= 11 is 0. The van der Waals surface area contributed by atoms with Gasteiger partial charge in [0.05, 0.1) is 35.7 Å². The third kappa shape index (κ3) is 3.33. The number of fused-ring (bicyclic) bond motifs is 1. The zero-order valence-corrected chi connectivity index (χ0v) is 13.5. The first-order valence-corrected chi connectivity index (χ1v) is 7.28. The summed E-state index contributed by atoms with van der Waals surface area (Å²) < 4.78 is 0. The van der Waals surface area contributed by atoms with Crippen LogP contribution >= 0.6 is 12.4 Å². The Kier molecular flexibility index (Phi) is 4.67. The highest BCUT2D eigenvalue weighted by Gasteiger charge is 2.04. The van der Waals surface area contributed by atoms with E-state index < -0.39 is 0 Å². The van der Waals surface area contributed by atoms with Crippen LogP contribution in [0.15, 0.2) is 61.2 Å². The predicted octanol–water partition coefficient (Wildman–Crippen LogP) is 3.45. The predicted molar refractivity (Wildman–Crippen MR) is 95.9 cm³/mol. The van der Waals surface area contributed by atoms with E-state index in [2.05, 4.69) is 30.5 Å². The number of hydrogen-bond donors (Lipinski definition) is 2. The highest BCUT2D eigenvalue weighted by molar-refractivity contribution is 5.85. The van der Waals surface area contributed by atoms with E-state index >= 15 is 0 Å². The molecule has 0 bridgehead atoms. The van der Waals surface area contributed by atoms with E-state index in [-0.39, 0.29) is 12.4 Å². The van der Waals surface area contributed by atoms with Crippen LogP contribution in [0.1, 0.15) is 5.69 Å². The third-order valence-electron chi connectivity index (χ3n) is 3.55. The number of aromatic nitrogens is 5. The lowest BCUT2D eigenvalue weighted by molar-refractivity contribution is 1.03. The van der Waals surface area contributed by atoms with Gasteiger partial charge in [-0.3, -0.25) is 15.1 Å². The summed E-state index contributed by atoms with van der Waals surface area (Å²) in [5, 5.41) is 10.0. The van der Waals surface area contributed by atoms with Gasteiger partial charge in [-0.15, -0.1) is 12.4 Å². The maximum atomic E-state index is 4.59. The van der Waals surface area contributed by atoms with Gasteiger partial charge in [-0.1, -0.05) is 12.1 Å². The summed E-state index contributed by atoms with van der Waals surface area (Å²) in [5.74, 6) is 0.735. The van der Waals surface area contributed by atoms with Crippen molar-refractivity contribution in [3.05, 3.63) is 66.9 Å². The zero-order valence-electron chi connectivity index (χ0n) is 12.7. The molecule has 0 saturated carbocycles. The molecule has 6 nitrogen and oxygen atoms in total. The molecule has 3 aromatic heterocycles. The van der Waals surface area contributed by atoms with Crippen LogP contribution in [0.2, 0.25) is 0 Å². The van der Waals surface area contributed by atoms with E-state index in [1.54, 1.807) is 18.6 Å². The molecule has 0 saturated heterocycles. The first-order chi connectivity index (χ1) is 11.4. The molecular formula is C17H15ClN6. The number of H-pyrrole nitrogens is 1. The standard InChI is InChI=1S/C17H14N6.ClH/c1-2-6-18-14(3-1)10-20-17-11-19-16-7-12(4-5-15(16)23-17)13-8-21-22-9-13;/h1-9,11H,10H2,(H,20,23)(H,21,22);1H. The highest BCUT2D eigenvalue weighted by atomic mass is 35.5. The number of rotatable bonds is 4. The lowest BCUT2D eigenvalue weighted by Gasteiger charge is -2.06. The lowest BCUT2D eigenvalue weighted by Crippen LogP contribution is -2.03. The Balaban J connectivity index is 0.00000169. The fourth-order valence-electron chi connectivity index (χ4n) is 2.37. The minimum Gasteiger partial charge on any atom is -0.363 e. The maximum Gasteiger partial charge on any atom is 0.145 e. The molecule has 0 unspecified atom stereocenters. The van der Waals surface area contributed by atoms with Crippen molar-refractivity contribution in [1.82, 2.24) is 25.1 Å². The van der Waals surface area contributed by atoms with Crippen molar-refractivity contribution in [2.24, 2.45) is 0 Å². The van der Waals surface area contributed by atoms with Gasteiger partial charge in [0.15, 0.2) is 0 Å². The Hall–Kier alpha value is -2.99. The van der Waals surface area contributed by atoms with E-state index in [4.69, 9.17) is 0 Å². The molecule has 24 heavy (non-hydrogen) atoms. The highest BCUT2D eigenvalue weighted by Crippen LogP contribution is 2.22. The fraction of sp³-hybridized carbons (Fsp3) is 0.0588. The van der Waals surface area contributed by atoms with E-state index in [9.17, 15) is 0 Å². The molecule has 0 aliphatic carbocycles. The number of pyridine rings is 1. The van der Waals surface area contributed by atoms with E-state index in [1.165, 1.54) is 0 Å². The van der Waals surface area contributed by atoms with Crippen LogP contribution in [0.25, 0.3) is 22.2 Å². The smallest absolute Gasteiger partial charge is 0.145 e. The van der Waals surface area contributed by atoms with Gasteiger partial charge in [-0.2, -0.15) is 5.10 Å². The summed E-state index contributed by atoms with van der Waals surface area (Å²) in [6.45, 7) is 0.619. The second kappa shape index (κ2) is 7.06. The molecule has 0 atom stereocenters. The summed E-state index contributed by atoms with van der Waals surface area (Å²) in [6, 6.07) is 11.8. The Morgan fingerprint density at radius 1 is 0.958 bits per heavy atom. The number of aromatic amines is 1. The molecule has 4 aromatic rings. The van der Waals surface area contributed by atoms with Crippen molar-refractivity contribution in [1.29, 1.82) is 0 Å². The van der Waals surface area contributed by atoms with E-state index in [0.29, 0.717) is 6.54 Å². The van der Waals surface area contributed by atoms with Gasteiger partial charge in [-0.25, -0.2) is 4.98 Å². The molecule has 0 aliphatic heterocycles. The summed E-state index contributed by atoms with van der Waals surface area (Å²) in [5.41, 5.74) is 4.76. The third-order valence-corrected chi connectivity index (χ3v) is 3.55. The van der Waals surface area contributed by atoms with Crippen LogP contribution in [0.3, 0.4) is 0 Å². The SMILES string of the molecule is Cl.c1ccc(CNc2cnc3cc(-c4cn[nH]c4)ccc3n2)nc1. The molecule has 7 heteroatoms. The van der Waals surface area contributed by atoms with Crippen molar-refractivity contribution in [3.8, 4) is 11.1 Å². The van der Waals surface area contributed by atoms with Crippen LogP contribution in [0, 0.1) is 0 Å². The largest absolute Gasteiger partial charge is 0.363 e. The van der Waals surface area contributed by atoms with Gasteiger partial charge < -0.3 is 5.32 Å². The maximum absolute atomic E-state index is 4.59. The Morgan fingerprint density at radius 3 is 2.71 bits per heavy atom. The van der Waals surface area contributed by atoms with Crippen LogP contribution in [0.4, 0.5) is 5.82 Å². The van der Waals surface area contributed by atoms with Gasteiger partial charge in [0, 0.05) is 18.0 Å². The topological polar surface area (TPSA) is 79.4 Å². The Morgan fingerprint density at radius 2 is 1.92 bits per heavy atom. The van der Waals surface area contributed by atoms with Gasteiger partial charge >= 0.3 is 0 Å². The van der Waals surface area contributed by atoms with Crippen LogP contribution in [-0.2, 0) is 6.54 Å². The van der Waals surface area contributed by atoms with E-state index in [1.807, 2.05) is 42.6 Å². The van der Waals surface area contributed by atoms with Crippen molar-refractivity contribution in [2.75, 3.05) is 5.32 Å². The molecule has 3 heterocycles. The monoisotopic (exact) mass is 338 g/mol. The zero-order chi connectivity index (χ0) is 15.5. The van der Waals surface area contributed by atoms with Crippen molar-refractivity contribution < 1.29 is 0 Å². The van der Waals surface area contributed by atoms with Gasteiger partial charge in [0.1, 0.15) is 5.82 Å². The summed E-state index contributed by atoms with van der Waals surface area (Å²) in [7, 11) is 0. The Labute approximate surface area is 144 Å². The first kappa shape index (κ1) is 15.9. The minimum absolute atomic E-state index is 0. The molecule has 0 aliphatic rings. The molecule has 4 rings (SSSR count). The second-order valence-electron chi connectivity index (χ2n) is 5.12. The number of benzene rings is 1. The van der Waals surface area contributed by atoms with Crippen LogP contribution in [0.5, 0.6) is 0 Å². The molecule has 120 valence electrons. The average molecular weight is 339 g/mol. The number of halogens is 1. The van der Waals surface area contributed by atoms with Crippen molar-refractivity contribution in [3.63, 3.8) is 0 Å². The number of nitrogens with zero attached hydrogens (tertiary/aromatic N) is 4. The number of nitrogens with one attached hydrogen (secondary N) is 2. The Bertz CT molecular complexity index is 924. The number of hydrogen-bond acceptors (Lipinski definition) is 5. The minimum atomic E-state index is 0. The summed E-state index contributed by atoms with van der Waals surface area (Å²) in [4.78, 5) is 13.4. The van der Waals surface area contributed by atoms with Gasteiger partial charge in [0.2, 0.25) is 0 Å². The van der Waals surface area contributed by atoms with Crippen molar-refractivity contribution in [2.45, 2.75) is 6.54 Å². The molecule has 1 aromatic carbocycles. The molecule has 0 radical (unpaired) electrons. The molecular weight excluding hydrogens is 324 g/mol. The van der Waals surface area contributed by atoms with Gasteiger partial charge in [0.25, 0.3) is 0 Å². The first-order valence-electron chi connectivity index (χ1n) is 7.28. The molecule has 2 N–H and O–H groups in total.